The molecule has 0 bridgehead atoms. The van der Waals surface area contributed by atoms with Crippen LogP contribution in [0.4, 0.5) is 17.1 Å². The molecule has 11 aromatic carbocycles. The lowest BCUT2D eigenvalue weighted by Crippen LogP contribution is -2.24. The molecule has 0 atom stereocenters. The number of fused-ring (bicyclic) bond motifs is 22. The number of anilines is 3. The fourth-order valence-electron chi connectivity index (χ4n) is 15.3. The largest absolute Gasteiger partial charge is 0.455 e. The van der Waals surface area contributed by atoms with Gasteiger partial charge in [0.25, 0.3) is 0 Å². The van der Waals surface area contributed by atoms with Crippen molar-refractivity contribution >= 4 is 82.7 Å². The second kappa shape index (κ2) is 16.1. The van der Waals surface area contributed by atoms with Crippen molar-refractivity contribution in [2.75, 3.05) is 4.90 Å². The zero-order chi connectivity index (χ0) is 54.4. The number of furan rings is 2. The molecular formula is C77H58N2O2. The molecular weight excluding hydrogens is 985 g/mol. The molecule has 4 heteroatoms. The van der Waals surface area contributed by atoms with Crippen molar-refractivity contribution in [2.45, 2.75) is 71.1 Å². The lowest BCUT2D eigenvalue weighted by molar-refractivity contribution is 0.592. The first-order valence-electron chi connectivity index (χ1n) is 28.7. The van der Waals surface area contributed by atoms with E-state index in [9.17, 15) is 0 Å². The third-order valence-electron chi connectivity index (χ3n) is 18.8. The minimum atomic E-state index is -0.367. The van der Waals surface area contributed by atoms with Gasteiger partial charge in [0.1, 0.15) is 22.3 Å². The summed E-state index contributed by atoms with van der Waals surface area (Å²) in [6.07, 6.45) is 0.804. The van der Waals surface area contributed by atoms with E-state index in [0.717, 1.165) is 73.4 Å². The molecule has 0 aliphatic heterocycles. The predicted molar refractivity (Wildman–Crippen MR) is 338 cm³/mol. The highest BCUT2D eigenvalue weighted by Crippen LogP contribution is 2.64. The summed E-state index contributed by atoms with van der Waals surface area (Å²) in [7, 11) is 0. The van der Waals surface area contributed by atoms with Gasteiger partial charge in [-0.25, -0.2) is 0 Å². The SMILES string of the molecule is CC(C)(C)c1ccccc1-c1cc2c(c3c1oc1ccccc13)-c1ccc(N(c3ccc4c(c3)C(C)(C)c3c5c(c6oc7ccccc7c6c3-4)-c3ccccc3C5(C)C)c3ccc4c5ccccc5n(-c5ccccc5)c4c3)cc1C2. The molecule has 4 nitrogen and oxygen atoms in total. The Hall–Kier alpha value is -9.38. The van der Waals surface area contributed by atoms with Crippen LogP contribution in [0.15, 0.2) is 221 Å². The van der Waals surface area contributed by atoms with Crippen molar-refractivity contribution < 1.29 is 8.83 Å². The minimum absolute atomic E-state index is 0.0638. The van der Waals surface area contributed by atoms with Gasteiger partial charge < -0.3 is 18.3 Å². The maximum atomic E-state index is 7.06. The summed E-state index contributed by atoms with van der Waals surface area (Å²) >= 11 is 0. The molecule has 3 aliphatic rings. The number of nitrogens with zero attached hydrogens (tertiary/aromatic N) is 2. The van der Waals surface area contributed by atoms with Crippen molar-refractivity contribution in [1.29, 1.82) is 0 Å². The molecule has 0 N–H and O–H groups in total. The van der Waals surface area contributed by atoms with Gasteiger partial charge in [-0.15, -0.1) is 0 Å². The molecule has 0 unspecified atom stereocenters. The molecule has 17 rings (SSSR count). The van der Waals surface area contributed by atoms with Crippen LogP contribution in [-0.2, 0) is 22.7 Å². The number of hydrogen-bond donors (Lipinski definition) is 0. The lowest BCUT2D eigenvalue weighted by Gasteiger charge is -2.31. The molecule has 14 aromatic rings. The van der Waals surface area contributed by atoms with E-state index in [0.29, 0.717) is 0 Å². The number of benzene rings is 11. The van der Waals surface area contributed by atoms with Crippen molar-refractivity contribution in [3.63, 3.8) is 0 Å². The van der Waals surface area contributed by atoms with Gasteiger partial charge in [0.15, 0.2) is 0 Å². The Bertz CT molecular complexity index is 5070. The Morgan fingerprint density at radius 1 is 0.407 bits per heavy atom. The fourth-order valence-corrected chi connectivity index (χ4v) is 15.3. The molecule has 388 valence electrons. The summed E-state index contributed by atoms with van der Waals surface area (Å²) in [4.78, 5) is 2.52. The van der Waals surface area contributed by atoms with Crippen molar-refractivity contribution in [3.05, 3.63) is 251 Å². The Labute approximate surface area is 471 Å². The van der Waals surface area contributed by atoms with Gasteiger partial charge in [0, 0.05) is 77.0 Å². The lowest BCUT2D eigenvalue weighted by atomic mass is 9.72. The zero-order valence-electron chi connectivity index (χ0n) is 46.6. The van der Waals surface area contributed by atoms with E-state index in [1.165, 1.54) is 105 Å². The molecule has 3 aromatic heterocycles. The van der Waals surface area contributed by atoms with Gasteiger partial charge >= 0.3 is 0 Å². The summed E-state index contributed by atoms with van der Waals surface area (Å²) in [6, 6.07) is 78.9. The molecule has 81 heavy (non-hydrogen) atoms. The van der Waals surface area contributed by atoms with Crippen LogP contribution in [0.3, 0.4) is 0 Å². The Kier molecular flexibility index (Phi) is 9.27. The van der Waals surface area contributed by atoms with Gasteiger partial charge in [-0.05, 0) is 157 Å². The Morgan fingerprint density at radius 3 is 1.73 bits per heavy atom. The maximum absolute atomic E-state index is 7.06. The Balaban J connectivity index is 0.901. The van der Waals surface area contributed by atoms with Gasteiger partial charge in [0.2, 0.25) is 0 Å². The monoisotopic (exact) mass is 1040 g/mol. The first kappa shape index (κ1) is 46.5. The minimum Gasteiger partial charge on any atom is -0.455 e. The second-order valence-electron chi connectivity index (χ2n) is 25.1. The van der Waals surface area contributed by atoms with Crippen LogP contribution in [0, 0.1) is 0 Å². The maximum Gasteiger partial charge on any atom is 0.144 e. The van der Waals surface area contributed by atoms with Gasteiger partial charge in [-0.3, -0.25) is 0 Å². The Morgan fingerprint density at radius 2 is 0.963 bits per heavy atom. The highest BCUT2D eigenvalue weighted by Gasteiger charge is 2.49. The molecule has 0 spiro atoms. The second-order valence-corrected chi connectivity index (χ2v) is 25.1. The van der Waals surface area contributed by atoms with Crippen LogP contribution in [0.25, 0.3) is 116 Å². The van der Waals surface area contributed by atoms with Crippen LogP contribution in [0.2, 0.25) is 0 Å². The van der Waals surface area contributed by atoms with E-state index in [1.807, 2.05) is 0 Å². The molecule has 0 radical (unpaired) electrons. The van der Waals surface area contributed by atoms with E-state index in [1.54, 1.807) is 0 Å². The van der Waals surface area contributed by atoms with E-state index in [2.05, 4.69) is 270 Å². The van der Waals surface area contributed by atoms with Crippen LogP contribution < -0.4 is 4.90 Å². The van der Waals surface area contributed by atoms with E-state index in [4.69, 9.17) is 8.83 Å². The van der Waals surface area contributed by atoms with E-state index >= 15 is 0 Å². The van der Waals surface area contributed by atoms with Gasteiger partial charge in [0.05, 0.1) is 11.0 Å². The standard InChI is InChI=1S/C77H58N2O2/c1-75(2,3)59-28-16-11-23-51(59)58-41-45-39-44-40-47(33-36-50(44)66(45)68-56-26-14-19-31-64(56)80-73(58)68)78(49-34-37-53-52-24-13-18-30-62(52)79(63(53)43-49)46-21-9-8-10-22-46)48-35-38-55-61(42-48)77(6,7)71-67(55)69-57-27-15-20-32-65(57)81-74(69)70-54-25-12-17-29-60(54)76(4,5)72(70)71/h8-38,40-43H,39H2,1-7H3. The highest BCUT2D eigenvalue weighted by atomic mass is 16.3. The molecule has 0 saturated carbocycles. The number of hydrogen-bond acceptors (Lipinski definition) is 3. The van der Waals surface area contributed by atoms with Gasteiger partial charge in [-0.1, -0.05) is 188 Å². The zero-order valence-corrected chi connectivity index (χ0v) is 46.6. The average Bonchev–Trinajstić information content (AvgIpc) is 1.99. The average molecular weight is 1040 g/mol. The number of para-hydroxylation sites is 4. The van der Waals surface area contributed by atoms with Crippen LogP contribution >= 0.6 is 0 Å². The van der Waals surface area contributed by atoms with Crippen molar-refractivity contribution in [2.24, 2.45) is 0 Å². The number of rotatable bonds is 5. The fraction of sp³-hybridized carbons (Fsp3) is 0.143. The summed E-state index contributed by atoms with van der Waals surface area (Å²) in [6.45, 7) is 16.7. The van der Waals surface area contributed by atoms with Crippen LogP contribution in [0.1, 0.15) is 87.4 Å². The molecule has 0 amide bonds. The summed E-state index contributed by atoms with van der Waals surface area (Å²) in [5.74, 6) is 0. The third-order valence-corrected chi connectivity index (χ3v) is 18.8. The third kappa shape index (κ3) is 6.25. The summed E-state index contributed by atoms with van der Waals surface area (Å²) in [5.41, 5.74) is 29.3. The van der Waals surface area contributed by atoms with Crippen molar-refractivity contribution in [3.8, 4) is 50.2 Å². The number of aromatic nitrogens is 1. The summed E-state index contributed by atoms with van der Waals surface area (Å²) < 4.78 is 16.5. The molecule has 3 aliphatic carbocycles. The topological polar surface area (TPSA) is 34.5 Å². The van der Waals surface area contributed by atoms with Crippen molar-refractivity contribution in [1.82, 2.24) is 4.57 Å². The van der Waals surface area contributed by atoms with E-state index < -0.39 is 0 Å². The molecule has 0 fully saturated rings. The summed E-state index contributed by atoms with van der Waals surface area (Å²) in [5, 5.41) is 7.19. The van der Waals surface area contributed by atoms with E-state index in [-0.39, 0.29) is 16.2 Å². The predicted octanol–water partition coefficient (Wildman–Crippen LogP) is 21.2. The quantitative estimate of drug-likeness (QED) is 0.172. The molecule has 0 saturated heterocycles. The first-order chi connectivity index (χ1) is 39.3. The van der Waals surface area contributed by atoms with Crippen LogP contribution in [0.5, 0.6) is 0 Å². The highest BCUT2D eigenvalue weighted by molar-refractivity contribution is 6.22. The molecule has 3 heterocycles. The normalized spacial score (nSPS) is 14.5. The first-order valence-corrected chi connectivity index (χ1v) is 28.7. The van der Waals surface area contributed by atoms with Gasteiger partial charge in [-0.2, -0.15) is 0 Å². The van der Waals surface area contributed by atoms with Crippen LogP contribution in [-0.4, -0.2) is 4.57 Å². The smallest absolute Gasteiger partial charge is 0.144 e.